The van der Waals surface area contributed by atoms with Gasteiger partial charge in [-0.3, -0.25) is 4.90 Å². The molecule has 2 aliphatic heterocycles. The number of fused-ring (bicyclic) bond motifs is 1. The van der Waals surface area contributed by atoms with Crippen LogP contribution in [0.4, 0.5) is 0 Å². The van der Waals surface area contributed by atoms with E-state index in [1.807, 2.05) is 6.92 Å². The number of sulfonamides is 1. The first-order chi connectivity index (χ1) is 14.6. The van der Waals surface area contributed by atoms with Crippen LogP contribution in [-0.4, -0.2) is 50.4 Å². The van der Waals surface area contributed by atoms with Crippen molar-refractivity contribution in [1.82, 2.24) is 9.21 Å². The molecule has 0 fully saturated rings. The molecule has 2 aromatic carbocycles. The molecule has 2 heterocycles. The Labute approximate surface area is 191 Å². The first-order valence-corrected chi connectivity index (χ1v) is 12.6. The van der Waals surface area contributed by atoms with Gasteiger partial charge in [0.15, 0.2) is 0 Å². The Morgan fingerprint density at radius 2 is 1.90 bits per heavy atom. The number of hydrogen-bond acceptors (Lipinski definition) is 4. The molecule has 3 aliphatic rings. The first kappa shape index (κ1) is 22.6. The topological polar surface area (TPSA) is 49.9 Å². The van der Waals surface area contributed by atoms with Crippen LogP contribution in [0.25, 0.3) is 0 Å². The monoisotopic (exact) mass is 462 g/mol. The van der Waals surface area contributed by atoms with Crippen molar-refractivity contribution in [2.75, 3.05) is 32.8 Å². The number of rotatable bonds is 7. The standard InChI is InChI=1S/C24H30N2O3S.ClH/c1-2-26(30(27,28)21-8-10-23-20(17-21)12-16-29-23)14-4-13-25-15-11-19-6-3-5-18-7-9-22(25)24(18)19;/h3,5-6,8,10,17,22H,2,4,7,9,11-16H2,1H3;1H. The van der Waals surface area contributed by atoms with Gasteiger partial charge >= 0.3 is 0 Å². The van der Waals surface area contributed by atoms with E-state index in [1.165, 1.54) is 24.0 Å². The minimum Gasteiger partial charge on any atom is -0.493 e. The van der Waals surface area contributed by atoms with E-state index in [9.17, 15) is 8.42 Å². The van der Waals surface area contributed by atoms with E-state index in [0.29, 0.717) is 30.6 Å². The molecule has 31 heavy (non-hydrogen) atoms. The average Bonchev–Trinajstić information content (AvgIpc) is 3.40. The molecule has 168 valence electrons. The molecule has 7 heteroatoms. The van der Waals surface area contributed by atoms with E-state index in [1.54, 1.807) is 28.1 Å². The zero-order valence-corrected chi connectivity index (χ0v) is 19.7. The van der Waals surface area contributed by atoms with Gasteiger partial charge in [0, 0.05) is 38.6 Å². The lowest BCUT2D eigenvalue weighted by Gasteiger charge is -2.35. The summed E-state index contributed by atoms with van der Waals surface area (Å²) in [7, 11) is -3.47. The maximum atomic E-state index is 13.2. The lowest BCUT2D eigenvalue weighted by molar-refractivity contribution is 0.179. The van der Waals surface area contributed by atoms with E-state index < -0.39 is 10.0 Å². The van der Waals surface area contributed by atoms with Crippen molar-refractivity contribution < 1.29 is 13.2 Å². The molecule has 0 spiro atoms. The molecule has 1 unspecified atom stereocenters. The predicted molar refractivity (Wildman–Crippen MR) is 125 cm³/mol. The molecule has 1 aliphatic carbocycles. The predicted octanol–water partition coefficient (Wildman–Crippen LogP) is 3.99. The summed E-state index contributed by atoms with van der Waals surface area (Å²) < 4.78 is 33.6. The Hall–Kier alpha value is -1.60. The molecule has 0 radical (unpaired) electrons. The van der Waals surface area contributed by atoms with E-state index in [4.69, 9.17) is 4.74 Å². The largest absolute Gasteiger partial charge is 0.493 e. The zero-order chi connectivity index (χ0) is 20.7. The number of ether oxygens (including phenoxy) is 1. The third-order valence-electron chi connectivity index (χ3n) is 6.92. The zero-order valence-electron chi connectivity index (χ0n) is 18.0. The summed E-state index contributed by atoms with van der Waals surface area (Å²) in [5, 5.41) is 0. The number of hydrogen-bond donors (Lipinski definition) is 0. The lowest BCUT2D eigenvalue weighted by atomic mass is 9.93. The van der Waals surface area contributed by atoms with Crippen molar-refractivity contribution in [3.63, 3.8) is 0 Å². The highest BCUT2D eigenvalue weighted by Crippen LogP contribution is 2.41. The molecule has 0 amide bonds. The van der Waals surface area contributed by atoms with Gasteiger partial charge in [-0.1, -0.05) is 25.1 Å². The van der Waals surface area contributed by atoms with Crippen LogP contribution in [0.3, 0.4) is 0 Å². The summed E-state index contributed by atoms with van der Waals surface area (Å²) in [6, 6.07) is 12.5. The van der Waals surface area contributed by atoms with Crippen LogP contribution in [0.5, 0.6) is 5.75 Å². The quantitative estimate of drug-likeness (QED) is 0.624. The third-order valence-corrected chi connectivity index (χ3v) is 8.89. The number of nitrogens with zero attached hydrogens (tertiary/aromatic N) is 2. The van der Waals surface area contributed by atoms with Gasteiger partial charge in [0.05, 0.1) is 11.5 Å². The second-order valence-electron chi connectivity index (χ2n) is 8.55. The van der Waals surface area contributed by atoms with Gasteiger partial charge in [0.25, 0.3) is 0 Å². The van der Waals surface area contributed by atoms with Crippen molar-refractivity contribution in [2.45, 2.75) is 50.0 Å². The van der Waals surface area contributed by atoms with Crippen molar-refractivity contribution in [2.24, 2.45) is 0 Å². The maximum Gasteiger partial charge on any atom is 0.243 e. The van der Waals surface area contributed by atoms with Gasteiger partial charge in [-0.15, -0.1) is 12.4 Å². The molecule has 0 aromatic heterocycles. The SMILES string of the molecule is CCN(CCCN1CCc2cccc3c2C1CC3)S(=O)(=O)c1ccc2c(c1)CCO2.Cl. The Morgan fingerprint density at radius 1 is 1.10 bits per heavy atom. The summed E-state index contributed by atoms with van der Waals surface area (Å²) >= 11 is 0. The molecule has 0 N–H and O–H groups in total. The molecular formula is C24H31ClN2O3S. The molecular weight excluding hydrogens is 432 g/mol. The molecule has 1 atom stereocenters. The van der Waals surface area contributed by atoms with Gasteiger partial charge in [0.2, 0.25) is 10.0 Å². The normalized spacial score (nSPS) is 19.6. The van der Waals surface area contributed by atoms with Crippen molar-refractivity contribution in [3.8, 4) is 5.75 Å². The van der Waals surface area contributed by atoms with Gasteiger partial charge in [-0.25, -0.2) is 8.42 Å². The summed E-state index contributed by atoms with van der Waals surface area (Å²) in [6.07, 6.45) is 5.10. The fourth-order valence-electron chi connectivity index (χ4n) is 5.39. The van der Waals surface area contributed by atoms with Crippen LogP contribution in [0.15, 0.2) is 41.3 Å². The van der Waals surface area contributed by atoms with Gasteiger partial charge < -0.3 is 4.74 Å². The maximum absolute atomic E-state index is 13.2. The molecule has 0 bridgehead atoms. The number of aryl methyl sites for hydroxylation is 1. The molecule has 5 rings (SSSR count). The minimum absolute atomic E-state index is 0. The van der Waals surface area contributed by atoms with Gasteiger partial charge in [-0.05, 0) is 66.1 Å². The highest BCUT2D eigenvalue weighted by molar-refractivity contribution is 7.89. The van der Waals surface area contributed by atoms with Crippen LogP contribution in [0.2, 0.25) is 0 Å². The lowest BCUT2D eigenvalue weighted by Crippen LogP contribution is -2.38. The van der Waals surface area contributed by atoms with E-state index in [-0.39, 0.29) is 12.4 Å². The van der Waals surface area contributed by atoms with E-state index in [0.717, 1.165) is 43.7 Å². The van der Waals surface area contributed by atoms with Crippen molar-refractivity contribution >= 4 is 22.4 Å². The van der Waals surface area contributed by atoms with Crippen molar-refractivity contribution in [1.29, 1.82) is 0 Å². The second kappa shape index (κ2) is 9.10. The molecule has 2 aromatic rings. The third kappa shape index (κ3) is 4.11. The number of benzene rings is 2. The minimum atomic E-state index is -3.47. The smallest absolute Gasteiger partial charge is 0.243 e. The van der Waals surface area contributed by atoms with E-state index >= 15 is 0 Å². The van der Waals surface area contributed by atoms with Crippen LogP contribution < -0.4 is 4.74 Å². The van der Waals surface area contributed by atoms with Gasteiger partial charge in [0.1, 0.15) is 5.75 Å². The van der Waals surface area contributed by atoms with Crippen molar-refractivity contribution in [3.05, 3.63) is 58.7 Å². The van der Waals surface area contributed by atoms with Crippen LogP contribution >= 0.6 is 12.4 Å². The van der Waals surface area contributed by atoms with Crippen LogP contribution in [0, 0.1) is 0 Å². The molecule has 0 saturated carbocycles. The summed E-state index contributed by atoms with van der Waals surface area (Å²) in [4.78, 5) is 2.97. The van der Waals surface area contributed by atoms with Gasteiger partial charge in [-0.2, -0.15) is 4.31 Å². The fraction of sp³-hybridized carbons (Fsp3) is 0.500. The van der Waals surface area contributed by atoms with E-state index in [2.05, 4.69) is 23.1 Å². The Kier molecular flexibility index (Phi) is 6.63. The Bertz CT molecular complexity index is 1060. The summed E-state index contributed by atoms with van der Waals surface area (Å²) in [5.41, 5.74) is 5.59. The second-order valence-corrected chi connectivity index (χ2v) is 10.5. The average molecular weight is 463 g/mol. The highest BCUT2D eigenvalue weighted by atomic mass is 35.5. The first-order valence-electron chi connectivity index (χ1n) is 11.2. The summed E-state index contributed by atoms with van der Waals surface area (Å²) in [6.45, 7) is 5.64. The molecule has 0 saturated heterocycles. The Morgan fingerprint density at radius 3 is 2.71 bits per heavy atom. The number of halogens is 1. The highest BCUT2D eigenvalue weighted by Gasteiger charge is 2.33. The van der Waals surface area contributed by atoms with Crippen LogP contribution in [-0.2, 0) is 29.3 Å². The summed E-state index contributed by atoms with van der Waals surface area (Å²) in [5.74, 6) is 0.818. The molecule has 5 nitrogen and oxygen atoms in total. The van der Waals surface area contributed by atoms with Crippen LogP contribution in [0.1, 0.15) is 48.1 Å². The fourth-order valence-corrected chi connectivity index (χ4v) is 6.93. The Balaban J connectivity index is 0.00000231.